The number of carbonyl (C=O) groups is 1. The number of nitrogens with zero attached hydrogens (tertiary/aromatic N) is 3. The van der Waals surface area contributed by atoms with Gasteiger partial charge in [0.05, 0.1) is 11.3 Å². The van der Waals surface area contributed by atoms with Gasteiger partial charge in [0.2, 0.25) is 0 Å². The largest absolute Gasteiger partial charge is 0.337 e. The van der Waals surface area contributed by atoms with Crippen LogP contribution in [0.3, 0.4) is 0 Å². The third kappa shape index (κ3) is 1.84. The van der Waals surface area contributed by atoms with E-state index in [-0.39, 0.29) is 5.91 Å². The normalized spacial score (nSPS) is 13.2. The van der Waals surface area contributed by atoms with Gasteiger partial charge in [-0.1, -0.05) is 6.07 Å². The molecule has 0 N–H and O–H groups in total. The maximum Gasteiger partial charge on any atom is 0.254 e. The van der Waals surface area contributed by atoms with Gasteiger partial charge in [-0.3, -0.25) is 9.78 Å². The number of fused-ring (bicyclic) bond motifs is 1. The smallest absolute Gasteiger partial charge is 0.254 e. The fourth-order valence-corrected chi connectivity index (χ4v) is 2.46. The quantitative estimate of drug-likeness (QED) is 0.794. The zero-order chi connectivity index (χ0) is 14.3. The van der Waals surface area contributed by atoms with Crippen molar-refractivity contribution in [1.29, 1.82) is 5.26 Å². The van der Waals surface area contributed by atoms with Crippen LogP contribution < -0.4 is 0 Å². The van der Waals surface area contributed by atoms with E-state index in [0.29, 0.717) is 12.1 Å². The molecular formula is C16H13N3O. The van der Waals surface area contributed by atoms with Crippen molar-refractivity contribution in [2.24, 2.45) is 0 Å². The number of amides is 1. The monoisotopic (exact) mass is 263 g/mol. The van der Waals surface area contributed by atoms with E-state index in [4.69, 9.17) is 5.26 Å². The van der Waals surface area contributed by atoms with Crippen molar-refractivity contribution in [2.75, 3.05) is 7.05 Å². The average molecular weight is 263 g/mol. The molecule has 0 atom stereocenters. The Kier molecular flexibility index (Phi) is 2.76. The van der Waals surface area contributed by atoms with Crippen molar-refractivity contribution >= 4 is 5.91 Å². The van der Waals surface area contributed by atoms with Crippen LogP contribution >= 0.6 is 0 Å². The van der Waals surface area contributed by atoms with E-state index >= 15 is 0 Å². The van der Waals surface area contributed by atoms with Crippen LogP contribution in [0.2, 0.25) is 0 Å². The minimum atomic E-state index is 0.0653. The second kappa shape index (κ2) is 4.46. The molecule has 0 saturated heterocycles. The first-order valence-corrected chi connectivity index (χ1v) is 6.35. The highest BCUT2D eigenvalue weighted by Crippen LogP contribution is 2.27. The van der Waals surface area contributed by atoms with E-state index < -0.39 is 0 Å². The SMILES string of the molecule is Cc1cc(-c2ccc3c(c2)CN(C)C3=O)ncc1C#N. The van der Waals surface area contributed by atoms with Crippen LogP contribution in [0.15, 0.2) is 30.5 Å². The zero-order valence-electron chi connectivity index (χ0n) is 11.3. The molecule has 4 heteroatoms. The molecule has 0 bridgehead atoms. The highest BCUT2D eigenvalue weighted by Gasteiger charge is 2.24. The van der Waals surface area contributed by atoms with E-state index in [1.54, 1.807) is 18.1 Å². The van der Waals surface area contributed by atoms with Crippen LogP contribution in [0.4, 0.5) is 0 Å². The topological polar surface area (TPSA) is 57.0 Å². The van der Waals surface area contributed by atoms with Crippen molar-refractivity contribution < 1.29 is 4.79 Å². The van der Waals surface area contributed by atoms with E-state index in [1.165, 1.54) is 0 Å². The number of pyridine rings is 1. The Balaban J connectivity index is 2.05. The molecule has 0 fully saturated rings. The minimum absolute atomic E-state index is 0.0653. The van der Waals surface area contributed by atoms with Crippen LogP contribution in [0.25, 0.3) is 11.3 Å². The highest BCUT2D eigenvalue weighted by molar-refractivity contribution is 5.98. The first-order valence-electron chi connectivity index (χ1n) is 6.35. The molecule has 1 aliphatic heterocycles. The Bertz CT molecular complexity index is 759. The number of benzene rings is 1. The summed E-state index contributed by atoms with van der Waals surface area (Å²) in [5, 5.41) is 8.93. The second-order valence-electron chi connectivity index (χ2n) is 5.03. The molecule has 0 spiro atoms. The lowest BCUT2D eigenvalue weighted by Gasteiger charge is -2.05. The summed E-state index contributed by atoms with van der Waals surface area (Å²) in [5.74, 6) is 0.0653. The summed E-state index contributed by atoms with van der Waals surface area (Å²) in [5.41, 5.74) is 5.09. The van der Waals surface area contributed by atoms with Gasteiger partial charge >= 0.3 is 0 Å². The van der Waals surface area contributed by atoms with Gasteiger partial charge in [-0.05, 0) is 36.2 Å². The number of aryl methyl sites for hydroxylation is 1. The Morgan fingerprint density at radius 3 is 2.85 bits per heavy atom. The Hall–Kier alpha value is -2.67. The highest BCUT2D eigenvalue weighted by atomic mass is 16.2. The van der Waals surface area contributed by atoms with Gasteiger partial charge < -0.3 is 4.90 Å². The summed E-state index contributed by atoms with van der Waals surface area (Å²) < 4.78 is 0. The number of carbonyl (C=O) groups excluding carboxylic acids is 1. The van der Waals surface area contributed by atoms with Crippen LogP contribution in [0.5, 0.6) is 0 Å². The standard InChI is InChI=1S/C16H13N3O/c1-10-5-15(18-8-13(10)7-17)11-3-4-14-12(6-11)9-19(2)16(14)20/h3-6,8H,9H2,1-2H3. The van der Waals surface area contributed by atoms with Crippen molar-refractivity contribution in [2.45, 2.75) is 13.5 Å². The Morgan fingerprint density at radius 2 is 2.15 bits per heavy atom. The number of hydrogen-bond acceptors (Lipinski definition) is 3. The van der Waals surface area contributed by atoms with Gasteiger partial charge in [-0.2, -0.15) is 5.26 Å². The number of nitriles is 1. The number of rotatable bonds is 1. The minimum Gasteiger partial charge on any atom is -0.337 e. The molecule has 4 nitrogen and oxygen atoms in total. The summed E-state index contributed by atoms with van der Waals surface area (Å²) in [7, 11) is 1.80. The third-order valence-electron chi connectivity index (χ3n) is 3.62. The van der Waals surface area contributed by atoms with Crippen molar-refractivity contribution in [3.05, 3.63) is 52.7 Å². The molecule has 0 radical (unpaired) electrons. The van der Waals surface area contributed by atoms with Crippen molar-refractivity contribution in [3.8, 4) is 17.3 Å². The number of aromatic nitrogens is 1. The average Bonchev–Trinajstić information content (AvgIpc) is 2.73. The van der Waals surface area contributed by atoms with Crippen LogP contribution in [-0.2, 0) is 6.54 Å². The van der Waals surface area contributed by atoms with E-state index in [2.05, 4.69) is 11.1 Å². The molecule has 1 amide bonds. The molecule has 1 aliphatic rings. The molecule has 3 rings (SSSR count). The molecular weight excluding hydrogens is 250 g/mol. The predicted octanol–water partition coefficient (Wildman–Crippen LogP) is 2.51. The molecule has 2 heterocycles. The number of hydrogen-bond donors (Lipinski definition) is 0. The Labute approximate surface area is 117 Å². The van der Waals surface area contributed by atoms with Crippen LogP contribution in [-0.4, -0.2) is 22.8 Å². The molecule has 0 saturated carbocycles. The lowest BCUT2D eigenvalue weighted by molar-refractivity contribution is 0.0816. The van der Waals surface area contributed by atoms with E-state index in [1.807, 2.05) is 31.2 Å². The third-order valence-corrected chi connectivity index (χ3v) is 3.62. The van der Waals surface area contributed by atoms with E-state index in [9.17, 15) is 4.79 Å². The van der Waals surface area contributed by atoms with Crippen molar-refractivity contribution in [1.82, 2.24) is 9.88 Å². The summed E-state index contributed by atoms with van der Waals surface area (Å²) in [4.78, 5) is 17.9. The van der Waals surface area contributed by atoms with Gasteiger partial charge in [0, 0.05) is 30.9 Å². The van der Waals surface area contributed by atoms with Gasteiger partial charge in [-0.25, -0.2) is 0 Å². The molecule has 1 aromatic heterocycles. The van der Waals surface area contributed by atoms with Crippen molar-refractivity contribution in [3.63, 3.8) is 0 Å². The molecule has 1 aromatic carbocycles. The van der Waals surface area contributed by atoms with Gasteiger partial charge in [0.25, 0.3) is 5.91 Å². The fraction of sp³-hybridized carbons (Fsp3) is 0.188. The summed E-state index contributed by atoms with van der Waals surface area (Å²) in [6, 6.07) is 9.78. The van der Waals surface area contributed by atoms with Crippen LogP contribution in [0.1, 0.15) is 27.0 Å². The second-order valence-corrected chi connectivity index (χ2v) is 5.03. The first kappa shape index (κ1) is 12.4. The fourth-order valence-electron chi connectivity index (χ4n) is 2.46. The lowest BCUT2D eigenvalue weighted by atomic mass is 10.0. The van der Waals surface area contributed by atoms with Gasteiger partial charge in [0.1, 0.15) is 6.07 Å². The molecule has 0 unspecified atom stereocenters. The molecule has 0 aliphatic carbocycles. The Morgan fingerprint density at radius 1 is 1.35 bits per heavy atom. The predicted molar refractivity (Wildman–Crippen MR) is 74.9 cm³/mol. The summed E-state index contributed by atoms with van der Waals surface area (Å²) in [6.45, 7) is 2.53. The summed E-state index contributed by atoms with van der Waals surface area (Å²) in [6.07, 6.45) is 1.59. The van der Waals surface area contributed by atoms with Gasteiger partial charge in [0.15, 0.2) is 0 Å². The lowest BCUT2D eigenvalue weighted by Crippen LogP contribution is -2.17. The molecule has 98 valence electrons. The molecule has 20 heavy (non-hydrogen) atoms. The molecule has 2 aromatic rings. The maximum atomic E-state index is 11.9. The van der Waals surface area contributed by atoms with Crippen LogP contribution in [0, 0.1) is 18.3 Å². The van der Waals surface area contributed by atoms with Gasteiger partial charge in [-0.15, -0.1) is 0 Å². The summed E-state index contributed by atoms with van der Waals surface area (Å²) >= 11 is 0. The first-order chi connectivity index (χ1) is 9.60. The van der Waals surface area contributed by atoms with E-state index in [0.717, 1.165) is 27.9 Å². The zero-order valence-corrected chi connectivity index (χ0v) is 11.3. The maximum absolute atomic E-state index is 11.9.